The normalized spacial score (nSPS) is 29.5. The topological polar surface area (TPSA) is 109 Å². The highest BCUT2D eigenvalue weighted by Gasteiger charge is 2.44. The van der Waals surface area contributed by atoms with Gasteiger partial charge in [0, 0.05) is 44.6 Å². The number of rotatable bonds is 8. The van der Waals surface area contributed by atoms with Gasteiger partial charge in [0.15, 0.2) is 0 Å². The first-order valence-corrected chi connectivity index (χ1v) is 19.9. The van der Waals surface area contributed by atoms with E-state index in [1.165, 1.54) is 21.0 Å². The summed E-state index contributed by atoms with van der Waals surface area (Å²) in [4.78, 5) is 12.2. The van der Waals surface area contributed by atoms with Crippen LogP contribution in [0.25, 0.3) is 0 Å². The largest absolute Gasteiger partial charge is 0.368 e. The van der Waals surface area contributed by atoms with Crippen molar-refractivity contribution < 1.29 is 17.9 Å². The number of fused-ring (bicyclic) bond motifs is 4. The van der Waals surface area contributed by atoms with Crippen molar-refractivity contribution in [1.82, 2.24) is 29.8 Å². The summed E-state index contributed by atoms with van der Waals surface area (Å²) in [5, 5.41) is 6.75. The first-order chi connectivity index (χ1) is 23.2. The van der Waals surface area contributed by atoms with E-state index in [4.69, 9.17) is 19.4 Å². The van der Waals surface area contributed by atoms with Crippen molar-refractivity contribution in [2.45, 2.75) is 136 Å². The zero-order valence-electron chi connectivity index (χ0n) is 31.4. The first kappa shape index (κ1) is 38.2. The lowest BCUT2D eigenvalue weighted by molar-refractivity contribution is -0.0692. The fourth-order valence-electron chi connectivity index (χ4n) is 8.07. The lowest BCUT2D eigenvalue weighted by Crippen LogP contribution is -2.65. The molecule has 2 aromatic rings. The zero-order chi connectivity index (χ0) is 35.5. The molecule has 49 heavy (non-hydrogen) atoms. The van der Waals surface area contributed by atoms with Crippen molar-refractivity contribution in [2.75, 3.05) is 27.0 Å². The van der Waals surface area contributed by atoms with Crippen LogP contribution in [-0.4, -0.2) is 78.4 Å². The Labute approximate surface area is 296 Å². The van der Waals surface area contributed by atoms with Gasteiger partial charge in [0.1, 0.15) is 25.1 Å². The van der Waals surface area contributed by atoms with Crippen LogP contribution in [-0.2, 0) is 26.0 Å². The summed E-state index contributed by atoms with van der Waals surface area (Å²) < 4.78 is 43.1. The third-order valence-electron chi connectivity index (χ3n) is 11.0. The zero-order valence-corrected chi connectivity index (χ0v) is 32.2. The molecule has 2 N–H and O–H groups in total. The van der Waals surface area contributed by atoms with Gasteiger partial charge in [-0.1, -0.05) is 66.2 Å². The van der Waals surface area contributed by atoms with Crippen LogP contribution in [0.2, 0.25) is 0 Å². The molecule has 7 atom stereocenters. The lowest BCUT2D eigenvalue weighted by atomic mass is 9.85. The summed E-state index contributed by atoms with van der Waals surface area (Å²) >= 11 is 0. The average molecular weight is 699 g/mol. The quantitative estimate of drug-likeness (QED) is 0.332. The van der Waals surface area contributed by atoms with Gasteiger partial charge in [-0.25, -0.2) is 18.4 Å². The molecular formula is C38H62N6O4S. The van der Waals surface area contributed by atoms with Crippen molar-refractivity contribution in [3.05, 3.63) is 58.7 Å². The Bertz CT molecular complexity index is 1460. The molecule has 0 spiro atoms. The molecule has 274 valence electrons. The lowest BCUT2D eigenvalue weighted by Gasteiger charge is -2.44. The summed E-state index contributed by atoms with van der Waals surface area (Å²) in [5.74, 6) is 1.91. The minimum Gasteiger partial charge on any atom is -0.368 e. The molecule has 3 fully saturated rings. The van der Waals surface area contributed by atoms with E-state index < -0.39 is 21.6 Å². The third-order valence-corrected chi connectivity index (χ3v) is 13.3. The molecule has 1 aliphatic carbocycles. The number of hydrogen-bond donors (Lipinski definition) is 2. The molecule has 5 unspecified atom stereocenters. The van der Waals surface area contributed by atoms with Crippen LogP contribution >= 0.6 is 0 Å². The van der Waals surface area contributed by atoms with E-state index in [1.54, 1.807) is 7.11 Å². The molecule has 11 heteroatoms. The van der Waals surface area contributed by atoms with Crippen LogP contribution < -0.4 is 10.6 Å². The minimum atomic E-state index is -3.73. The molecule has 4 bridgehead atoms. The van der Waals surface area contributed by atoms with Crippen molar-refractivity contribution in [2.24, 2.45) is 17.3 Å². The Kier molecular flexibility index (Phi) is 12.6. The SMILES string of the molecule is COCN1C2NC(CC(c3c(C)cccc3C)N2)OC[C@@H](CC(C)(C)C)N(Cc2ncc([C@@H](C)C(C)C)cn2)CC2CCCC(C2)S1(=O)=O. The molecule has 0 radical (unpaired) electrons. The van der Waals surface area contributed by atoms with E-state index in [-0.39, 0.29) is 36.4 Å². The van der Waals surface area contributed by atoms with E-state index in [1.807, 2.05) is 12.4 Å². The maximum Gasteiger partial charge on any atom is 0.221 e. The van der Waals surface area contributed by atoms with E-state index >= 15 is 0 Å². The van der Waals surface area contributed by atoms with Gasteiger partial charge in [-0.05, 0) is 85.0 Å². The number of benzene rings is 1. The number of aryl methyl sites for hydroxylation is 2. The van der Waals surface area contributed by atoms with Crippen LogP contribution in [0.1, 0.15) is 120 Å². The average Bonchev–Trinajstić information content (AvgIpc) is 3.04. The van der Waals surface area contributed by atoms with Gasteiger partial charge in [-0.2, -0.15) is 0 Å². The molecule has 3 heterocycles. The van der Waals surface area contributed by atoms with Crippen molar-refractivity contribution in [1.29, 1.82) is 0 Å². The second-order valence-electron chi connectivity index (χ2n) is 16.5. The minimum absolute atomic E-state index is 0.0398. The predicted molar refractivity (Wildman–Crippen MR) is 195 cm³/mol. The van der Waals surface area contributed by atoms with Gasteiger partial charge in [-0.3, -0.25) is 15.5 Å². The van der Waals surface area contributed by atoms with Gasteiger partial charge in [0.2, 0.25) is 10.0 Å². The molecular weight excluding hydrogens is 637 g/mol. The third kappa shape index (κ3) is 9.47. The molecule has 10 nitrogen and oxygen atoms in total. The Morgan fingerprint density at radius 1 is 1.04 bits per heavy atom. The number of nitrogens with one attached hydrogen (secondary N) is 2. The highest BCUT2D eigenvalue weighted by atomic mass is 32.2. The van der Waals surface area contributed by atoms with E-state index in [9.17, 15) is 8.42 Å². The molecule has 1 aromatic heterocycles. The number of sulfonamides is 1. The van der Waals surface area contributed by atoms with E-state index in [2.05, 4.69) is 89.1 Å². The Morgan fingerprint density at radius 2 is 1.73 bits per heavy atom. The number of ether oxygens (including phenoxy) is 2. The molecule has 2 saturated heterocycles. The van der Waals surface area contributed by atoms with Crippen LogP contribution in [0.3, 0.4) is 0 Å². The molecule has 3 aliphatic rings. The molecule has 2 aliphatic heterocycles. The second-order valence-corrected chi connectivity index (χ2v) is 18.6. The Morgan fingerprint density at radius 3 is 2.37 bits per heavy atom. The summed E-state index contributed by atoms with van der Waals surface area (Å²) in [6, 6.07) is 6.32. The molecule has 1 aromatic carbocycles. The smallest absolute Gasteiger partial charge is 0.221 e. The van der Waals surface area contributed by atoms with Gasteiger partial charge in [0.05, 0.1) is 18.4 Å². The highest BCUT2D eigenvalue weighted by Crippen LogP contribution is 2.36. The summed E-state index contributed by atoms with van der Waals surface area (Å²) in [7, 11) is -2.17. The first-order valence-electron chi connectivity index (χ1n) is 18.4. The van der Waals surface area contributed by atoms with E-state index in [0.717, 1.165) is 37.2 Å². The van der Waals surface area contributed by atoms with Crippen LogP contribution in [0, 0.1) is 31.1 Å². The highest BCUT2D eigenvalue weighted by molar-refractivity contribution is 7.89. The van der Waals surface area contributed by atoms with Gasteiger partial charge in [-0.15, -0.1) is 4.31 Å². The fraction of sp³-hybridized carbons (Fsp3) is 0.737. The van der Waals surface area contributed by atoms with Crippen molar-refractivity contribution >= 4 is 10.0 Å². The number of methoxy groups -OCH3 is 1. The van der Waals surface area contributed by atoms with Gasteiger partial charge < -0.3 is 9.47 Å². The maximum atomic E-state index is 14.6. The van der Waals surface area contributed by atoms with Crippen LogP contribution in [0.15, 0.2) is 30.6 Å². The number of hydrogen-bond acceptors (Lipinski definition) is 9. The Balaban J connectivity index is 1.53. The molecule has 0 amide bonds. The van der Waals surface area contributed by atoms with Crippen molar-refractivity contribution in [3.63, 3.8) is 0 Å². The summed E-state index contributed by atoms with van der Waals surface area (Å²) in [6.07, 6.45) is 7.66. The second kappa shape index (κ2) is 16.1. The van der Waals surface area contributed by atoms with Crippen LogP contribution in [0.5, 0.6) is 0 Å². The Hall–Kier alpha value is -1.99. The van der Waals surface area contributed by atoms with Gasteiger partial charge in [0.25, 0.3) is 0 Å². The fourth-order valence-corrected chi connectivity index (χ4v) is 10.1. The predicted octanol–water partition coefficient (Wildman–Crippen LogP) is 6.22. The van der Waals surface area contributed by atoms with E-state index in [0.29, 0.717) is 44.2 Å². The summed E-state index contributed by atoms with van der Waals surface area (Å²) in [5.41, 5.74) is 4.76. The van der Waals surface area contributed by atoms with Crippen molar-refractivity contribution in [3.8, 4) is 0 Å². The number of aromatic nitrogens is 2. The summed E-state index contributed by atoms with van der Waals surface area (Å²) in [6.45, 7) is 19.6. The molecule has 5 rings (SSSR count). The maximum absolute atomic E-state index is 14.6. The standard InChI is InChI=1S/C38H62N6O4S/c1-25(2)28(5)30-19-39-34(40-20-30)22-43-21-29-14-11-15-32(16-29)49(45,46)44(24-47-9)37-41-33(36-26(3)12-10-13-27(36)4)17-35(42-37)48-23-31(43)18-38(6,7)8/h10,12-13,19-20,25,28-29,31-33,35,37,41-42H,11,14-18,21-24H2,1-9H3/t28-,29?,31+,32?,33?,35?,37?/m0/s1. The monoisotopic (exact) mass is 698 g/mol. The van der Waals surface area contributed by atoms with Gasteiger partial charge >= 0.3 is 0 Å². The van der Waals surface area contributed by atoms with Crippen LogP contribution in [0.4, 0.5) is 0 Å². The number of nitrogens with zero attached hydrogens (tertiary/aromatic N) is 4. The molecule has 1 saturated carbocycles.